The molecule has 0 heterocycles. The number of carbonyl (C=O) groups excluding carboxylic acids is 1. The lowest BCUT2D eigenvalue weighted by atomic mass is 9.77. The second kappa shape index (κ2) is 6.22. The zero-order valence-corrected chi connectivity index (χ0v) is 10.5. The number of hydrogen-bond acceptors (Lipinski definition) is 3. The molecule has 1 aromatic rings. The average Bonchev–Trinajstić information content (AvgIpc) is 2.40. The minimum atomic E-state index is -0.825. The average molecular weight is 263 g/mol. The number of carboxylic acid groups (broad SMARTS) is 1. The third-order valence-electron chi connectivity index (χ3n) is 3.37. The quantitative estimate of drug-likeness (QED) is 0.853. The Labute approximate surface area is 111 Å². The predicted molar refractivity (Wildman–Crippen MR) is 68.5 cm³/mol. The fourth-order valence-electron chi connectivity index (χ4n) is 2.14. The fraction of sp³-hybridized carbons (Fsp3) is 0.429. The predicted octanol–water partition coefficient (Wildman–Crippen LogP) is 2.17. The number of carbonyl (C=O) groups is 2. The van der Waals surface area contributed by atoms with E-state index in [1.165, 1.54) is 0 Å². The molecule has 2 atom stereocenters. The van der Waals surface area contributed by atoms with Crippen LogP contribution in [0.4, 0.5) is 4.79 Å². The van der Waals surface area contributed by atoms with Gasteiger partial charge in [-0.25, -0.2) is 4.79 Å². The molecule has 0 aromatic heterocycles. The maximum absolute atomic E-state index is 11.6. The van der Waals surface area contributed by atoms with Crippen LogP contribution in [0.25, 0.3) is 0 Å². The van der Waals surface area contributed by atoms with Crippen LogP contribution in [0.2, 0.25) is 0 Å². The summed E-state index contributed by atoms with van der Waals surface area (Å²) in [6.07, 6.45) is 1.28. The van der Waals surface area contributed by atoms with E-state index in [9.17, 15) is 9.59 Å². The van der Waals surface area contributed by atoms with Gasteiger partial charge in [-0.05, 0) is 24.3 Å². The lowest BCUT2D eigenvalue weighted by Gasteiger charge is -2.35. The van der Waals surface area contributed by atoms with Crippen molar-refractivity contribution in [3.05, 3.63) is 35.9 Å². The van der Waals surface area contributed by atoms with Crippen molar-refractivity contribution >= 4 is 12.1 Å². The third-order valence-corrected chi connectivity index (χ3v) is 3.37. The van der Waals surface area contributed by atoms with E-state index >= 15 is 0 Å². The molecule has 1 amide bonds. The van der Waals surface area contributed by atoms with E-state index in [0.717, 1.165) is 18.4 Å². The van der Waals surface area contributed by atoms with Gasteiger partial charge < -0.3 is 15.2 Å². The van der Waals surface area contributed by atoms with Crippen molar-refractivity contribution in [2.24, 2.45) is 5.92 Å². The van der Waals surface area contributed by atoms with Crippen molar-refractivity contribution in [3.63, 3.8) is 0 Å². The lowest BCUT2D eigenvalue weighted by molar-refractivity contribution is -0.139. The number of carboxylic acids is 1. The van der Waals surface area contributed by atoms with Gasteiger partial charge in [0.2, 0.25) is 0 Å². The Kier molecular flexibility index (Phi) is 4.39. The molecule has 0 spiro atoms. The summed E-state index contributed by atoms with van der Waals surface area (Å²) in [5.41, 5.74) is 0.924. The molecule has 102 valence electrons. The normalized spacial score (nSPS) is 21.3. The molecule has 5 heteroatoms. The molecule has 2 N–H and O–H groups in total. The zero-order valence-electron chi connectivity index (χ0n) is 10.5. The van der Waals surface area contributed by atoms with E-state index in [1.54, 1.807) is 0 Å². The number of alkyl carbamates (subject to hydrolysis) is 1. The molecule has 1 aliphatic carbocycles. The van der Waals surface area contributed by atoms with Crippen LogP contribution in [0.15, 0.2) is 30.3 Å². The molecule has 5 nitrogen and oxygen atoms in total. The Bertz CT molecular complexity index is 446. The number of aliphatic carboxylic acids is 1. The summed E-state index contributed by atoms with van der Waals surface area (Å²) in [6, 6.07) is 9.35. The third kappa shape index (κ3) is 3.98. The van der Waals surface area contributed by atoms with Gasteiger partial charge >= 0.3 is 12.1 Å². The molecule has 1 fully saturated rings. The number of rotatable bonds is 5. The molecular weight excluding hydrogens is 246 g/mol. The highest BCUT2D eigenvalue weighted by molar-refractivity contribution is 5.69. The summed E-state index contributed by atoms with van der Waals surface area (Å²) >= 11 is 0. The summed E-state index contributed by atoms with van der Waals surface area (Å²) in [5.74, 6) is -0.795. The van der Waals surface area contributed by atoms with Crippen LogP contribution in [0.1, 0.15) is 24.8 Å². The Morgan fingerprint density at radius 2 is 2.00 bits per heavy atom. The standard InChI is InChI=1S/C14H17NO4/c16-13(17)8-11-6-7-12(11)15-14(18)19-9-10-4-2-1-3-5-10/h1-5,11-12H,6-9H2,(H,15,18)(H,16,17)/t11-,12-/m0/s1. The Morgan fingerprint density at radius 3 is 2.58 bits per heavy atom. The van der Waals surface area contributed by atoms with Crippen LogP contribution in [-0.4, -0.2) is 23.2 Å². The highest BCUT2D eigenvalue weighted by Gasteiger charge is 2.33. The second-order valence-electron chi connectivity index (χ2n) is 4.75. The van der Waals surface area contributed by atoms with Gasteiger partial charge in [0.25, 0.3) is 0 Å². The van der Waals surface area contributed by atoms with Crippen molar-refractivity contribution in [1.29, 1.82) is 0 Å². The smallest absolute Gasteiger partial charge is 0.407 e. The van der Waals surface area contributed by atoms with Crippen molar-refractivity contribution < 1.29 is 19.4 Å². The van der Waals surface area contributed by atoms with Crippen LogP contribution >= 0.6 is 0 Å². The Morgan fingerprint density at radius 1 is 1.26 bits per heavy atom. The molecule has 0 saturated heterocycles. The first kappa shape index (κ1) is 13.4. The van der Waals surface area contributed by atoms with Gasteiger partial charge in [0, 0.05) is 6.04 Å². The Balaban J connectivity index is 1.71. The van der Waals surface area contributed by atoms with Crippen LogP contribution < -0.4 is 5.32 Å². The highest BCUT2D eigenvalue weighted by atomic mass is 16.5. The number of ether oxygens (including phenoxy) is 1. The number of amides is 1. The molecule has 2 rings (SSSR count). The maximum atomic E-state index is 11.6. The van der Waals surface area contributed by atoms with Gasteiger partial charge in [0.15, 0.2) is 0 Å². The minimum Gasteiger partial charge on any atom is -0.481 e. The van der Waals surface area contributed by atoms with Crippen LogP contribution in [-0.2, 0) is 16.1 Å². The first-order valence-corrected chi connectivity index (χ1v) is 6.34. The van der Waals surface area contributed by atoms with Gasteiger partial charge in [0.1, 0.15) is 6.61 Å². The zero-order chi connectivity index (χ0) is 13.7. The number of benzene rings is 1. The maximum Gasteiger partial charge on any atom is 0.407 e. The van der Waals surface area contributed by atoms with Crippen molar-refractivity contribution in [3.8, 4) is 0 Å². The molecule has 0 bridgehead atoms. The van der Waals surface area contributed by atoms with E-state index in [4.69, 9.17) is 9.84 Å². The van der Waals surface area contributed by atoms with E-state index in [-0.39, 0.29) is 25.0 Å². The van der Waals surface area contributed by atoms with Crippen molar-refractivity contribution in [1.82, 2.24) is 5.32 Å². The van der Waals surface area contributed by atoms with Gasteiger partial charge in [-0.3, -0.25) is 4.79 Å². The number of hydrogen-bond donors (Lipinski definition) is 2. The molecular formula is C14H17NO4. The molecule has 0 radical (unpaired) electrons. The molecule has 1 aliphatic rings. The van der Waals surface area contributed by atoms with Crippen molar-refractivity contribution in [2.45, 2.75) is 31.9 Å². The first-order valence-electron chi connectivity index (χ1n) is 6.34. The molecule has 0 unspecified atom stereocenters. The lowest BCUT2D eigenvalue weighted by Crippen LogP contribution is -2.47. The highest BCUT2D eigenvalue weighted by Crippen LogP contribution is 2.30. The van der Waals surface area contributed by atoms with E-state index < -0.39 is 12.1 Å². The molecule has 19 heavy (non-hydrogen) atoms. The van der Waals surface area contributed by atoms with Gasteiger partial charge in [-0.15, -0.1) is 0 Å². The van der Waals surface area contributed by atoms with Gasteiger partial charge in [-0.2, -0.15) is 0 Å². The van der Waals surface area contributed by atoms with Gasteiger partial charge in [0.05, 0.1) is 6.42 Å². The van der Waals surface area contributed by atoms with Gasteiger partial charge in [-0.1, -0.05) is 30.3 Å². The van der Waals surface area contributed by atoms with E-state index in [1.807, 2.05) is 30.3 Å². The first-order chi connectivity index (χ1) is 9.15. The second-order valence-corrected chi connectivity index (χ2v) is 4.75. The fourth-order valence-corrected chi connectivity index (χ4v) is 2.14. The monoisotopic (exact) mass is 263 g/mol. The topological polar surface area (TPSA) is 75.6 Å². The van der Waals surface area contributed by atoms with Crippen LogP contribution in [0.5, 0.6) is 0 Å². The SMILES string of the molecule is O=C(O)C[C@@H]1CC[C@@H]1NC(=O)OCc1ccccc1. The Hall–Kier alpha value is -2.04. The molecule has 0 aliphatic heterocycles. The summed E-state index contributed by atoms with van der Waals surface area (Å²) < 4.78 is 5.09. The summed E-state index contributed by atoms with van der Waals surface area (Å²) in [5, 5.41) is 11.4. The summed E-state index contributed by atoms with van der Waals surface area (Å²) in [6.45, 7) is 0.225. The largest absolute Gasteiger partial charge is 0.481 e. The van der Waals surface area contributed by atoms with E-state index in [0.29, 0.717) is 0 Å². The number of nitrogens with one attached hydrogen (secondary N) is 1. The molecule has 1 saturated carbocycles. The van der Waals surface area contributed by atoms with Crippen LogP contribution in [0.3, 0.4) is 0 Å². The van der Waals surface area contributed by atoms with E-state index in [2.05, 4.69) is 5.32 Å². The van der Waals surface area contributed by atoms with Crippen molar-refractivity contribution in [2.75, 3.05) is 0 Å². The minimum absolute atomic E-state index is 0.0294. The summed E-state index contributed by atoms with van der Waals surface area (Å²) in [4.78, 5) is 22.2. The summed E-state index contributed by atoms with van der Waals surface area (Å²) in [7, 11) is 0. The molecule has 1 aromatic carbocycles. The van der Waals surface area contributed by atoms with Crippen LogP contribution in [0, 0.1) is 5.92 Å².